The van der Waals surface area contributed by atoms with Crippen molar-refractivity contribution in [3.63, 3.8) is 0 Å². The van der Waals surface area contributed by atoms with Gasteiger partial charge in [0.1, 0.15) is 13.2 Å². The Bertz CT molecular complexity index is 1040. The first kappa shape index (κ1) is 62.2. The van der Waals surface area contributed by atoms with Crippen LogP contribution in [0.4, 0.5) is 0 Å². The van der Waals surface area contributed by atoms with Crippen LogP contribution in [0.3, 0.4) is 0 Å². The molecular weight excluding hydrogens is 804 g/mol. The van der Waals surface area contributed by atoms with Gasteiger partial charge in [0, 0.05) is 6.42 Å². The number of nitrogens with zero attached hydrogens (tertiary/aromatic N) is 1. The van der Waals surface area contributed by atoms with Crippen LogP contribution in [0.5, 0.6) is 0 Å². The summed E-state index contributed by atoms with van der Waals surface area (Å²) < 4.78 is 23.7. The number of likely N-dealkylation sites (N-methyl/N-ethyl adjacent to an activating group) is 1. The maximum Gasteiger partial charge on any atom is 0.472 e. The number of amides is 1. The summed E-state index contributed by atoms with van der Waals surface area (Å²) in [6.45, 7) is 4.90. The number of hydrogen-bond donors (Lipinski definition) is 3. The second kappa shape index (κ2) is 46.4. The van der Waals surface area contributed by atoms with E-state index >= 15 is 0 Å². The van der Waals surface area contributed by atoms with Crippen molar-refractivity contribution in [2.45, 2.75) is 289 Å². The Kier molecular flexibility index (Phi) is 45.8. The fourth-order valence-electron chi connectivity index (χ4n) is 8.40. The predicted molar refractivity (Wildman–Crippen MR) is 272 cm³/mol. The van der Waals surface area contributed by atoms with Crippen molar-refractivity contribution in [1.82, 2.24) is 5.32 Å². The summed E-state index contributed by atoms with van der Waals surface area (Å²) in [5, 5.41) is 14.0. The fourth-order valence-corrected chi connectivity index (χ4v) is 9.13. The van der Waals surface area contributed by atoms with Crippen molar-refractivity contribution in [2.75, 3.05) is 40.9 Å². The van der Waals surface area contributed by atoms with Crippen LogP contribution >= 0.6 is 7.82 Å². The van der Waals surface area contributed by atoms with Gasteiger partial charge in [-0.1, -0.05) is 244 Å². The van der Waals surface area contributed by atoms with E-state index in [0.29, 0.717) is 23.9 Å². The standard InChI is InChI=1S/C54H109N2O6P/c1-6-8-10-12-14-16-18-19-20-21-22-23-24-25-26-27-28-29-30-31-32-33-34-35-36-37-38-40-42-44-46-48-54(58)55-52(51-62-63(59,60)61-50-49-56(3,4)5)53(57)47-45-43-41-39-17-15-13-11-9-7-2/h25-26,52-53,57H,6-24,27-51H2,1-5H3,(H-,55,58,59,60)/p+1/b26-25-. The second-order valence-corrected chi connectivity index (χ2v) is 21.8. The van der Waals surface area contributed by atoms with Gasteiger partial charge in [-0.3, -0.25) is 13.8 Å². The highest BCUT2D eigenvalue weighted by Crippen LogP contribution is 2.43. The lowest BCUT2D eigenvalue weighted by atomic mass is 10.0. The number of aliphatic hydroxyl groups excluding tert-OH is 1. The minimum atomic E-state index is -4.31. The molecule has 0 rings (SSSR count). The van der Waals surface area contributed by atoms with Gasteiger partial charge < -0.3 is 19.8 Å². The second-order valence-electron chi connectivity index (χ2n) is 20.3. The molecule has 0 aromatic rings. The zero-order valence-corrected chi connectivity index (χ0v) is 43.7. The summed E-state index contributed by atoms with van der Waals surface area (Å²) in [5.41, 5.74) is 0. The zero-order valence-electron chi connectivity index (χ0n) is 42.8. The Morgan fingerprint density at radius 2 is 0.857 bits per heavy atom. The number of carbonyl (C=O) groups excluding carboxylic acids is 1. The highest BCUT2D eigenvalue weighted by molar-refractivity contribution is 7.47. The number of allylic oxidation sites excluding steroid dienone is 2. The first-order valence-corrected chi connectivity index (χ1v) is 29.0. The van der Waals surface area contributed by atoms with Gasteiger partial charge in [0.15, 0.2) is 0 Å². The molecule has 0 fully saturated rings. The predicted octanol–water partition coefficient (Wildman–Crippen LogP) is 16.3. The smallest absolute Gasteiger partial charge is 0.391 e. The summed E-state index contributed by atoms with van der Waals surface area (Å²) >= 11 is 0. The van der Waals surface area contributed by atoms with Gasteiger partial charge in [0.05, 0.1) is 39.9 Å². The zero-order chi connectivity index (χ0) is 46.4. The number of quaternary nitrogens is 1. The van der Waals surface area contributed by atoms with Crippen molar-refractivity contribution in [1.29, 1.82) is 0 Å². The van der Waals surface area contributed by atoms with Crippen molar-refractivity contribution in [3.8, 4) is 0 Å². The lowest BCUT2D eigenvalue weighted by Crippen LogP contribution is -2.46. The molecule has 0 radical (unpaired) electrons. The molecule has 0 spiro atoms. The molecule has 0 aromatic carbocycles. The third-order valence-corrected chi connectivity index (χ3v) is 13.7. The number of unbranched alkanes of at least 4 members (excludes halogenated alkanes) is 36. The van der Waals surface area contributed by atoms with Crippen LogP contribution in [-0.4, -0.2) is 73.4 Å². The van der Waals surface area contributed by atoms with E-state index in [1.165, 1.54) is 212 Å². The molecular formula is C54H110N2O6P+. The van der Waals surface area contributed by atoms with E-state index in [4.69, 9.17) is 9.05 Å². The van der Waals surface area contributed by atoms with Crippen LogP contribution in [0.15, 0.2) is 12.2 Å². The average molecular weight is 914 g/mol. The van der Waals surface area contributed by atoms with Crippen LogP contribution in [-0.2, 0) is 18.4 Å². The molecule has 0 bridgehead atoms. The van der Waals surface area contributed by atoms with E-state index in [-0.39, 0.29) is 19.1 Å². The Hall–Kier alpha value is -0.760. The molecule has 0 saturated carbocycles. The third kappa shape index (κ3) is 49.0. The van der Waals surface area contributed by atoms with Gasteiger partial charge in [-0.05, 0) is 38.5 Å². The number of rotatable bonds is 51. The van der Waals surface area contributed by atoms with E-state index in [0.717, 1.165) is 38.5 Å². The van der Waals surface area contributed by atoms with Gasteiger partial charge in [-0.25, -0.2) is 4.57 Å². The Labute approximate surface area is 392 Å². The van der Waals surface area contributed by atoms with E-state index in [2.05, 4.69) is 31.3 Å². The molecule has 3 unspecified atom stereocenters. The van der Waals surface area contributed by atoms with Gasteiger partial charge in [-0.15, -0.1) is 0 Å². The lowest BCUT2D eigenvalue weighted by molar-refractivity contribution is -0.870. The molecule has 3 atom stereocenters. The maximum atomic E-state index is 12.9. The molecule has 8 nitrogen and oxygen atoms in total. The number of aliphatic hydroxyl groups is 1. The summed E-state index contributed by atoms with van der Waals surface area (Å²) in [5.74, 6) is -0.142. The molecule has 0 aliphatic carbocycles. The van der Waals surface area contributed by atoms with Crippen molar-refractivity contribution in [2.24, 2.45) is 0 Å². The molecule has 0 aliphatic rings. The minimum Gasteiger partial charge on any atom is -0.391 e. The number of phosphoric acid groups is 1. The molecule has 0 saturated heterocycles. The highest BCUT2D eigenvalue weighted by atomic mass is 31.2. The van der Waals surface area contributed by atoms with Gasteiger partial charge >= 0.3 is 7.82 Å². The van der Waals surface area contributed by atoms with E-state index in [1.54, 1.807) is 0 Å². The van der Waals surface area contributed by atoms with Crippen LogP contribution in [0.2, 0.25) is 0 Å². The Balaban J connectivity index is 3.94. The fraction of sp³-hybridized carbons (Fsp3) is 0.944. The first-order chi connectivity index (χ1) is 30.5. The average Bonchev–Trinajstić information content (AvgIpc) is 3.24. The molecule has 0 heterocycles. The summed E-state index contributed by atoms with van der Waals surface area (Å²) in [6, 6.07) is -0.755. The number of hydrogen-bond acceptors (Lipinski definition) is 5. The third-order valence-electron chi connectivity index (χ3n) is 12.8. The normalized spacial score (nSPS) is 14.1. The Morgan fingerprint density at radius 3 is 1.22 bits per heavy atom. The quantitative estimate of drug-likeness (QED) is 0.0243. The molecule has 0 aromatic heterocycles. The van der Waals surface area contributed by atoms with Crippen LogP contribution < -0.4 is 5.32 Å². The van der Waals surface area contributed by atoms with Gasteiger partial charge in [0.2, 0.25) is 5.91 Å². The van der Waals surface area contributed by atoms with Gasteiger partial charge in [0.25, 0.3) is 0 Å². The summed E-state index contributed by atoms with van der Waals surface area (Å²) in [7, 11) is 1.63. The van der Waals surface area contributed by atoms with Crippen LogP contribution in [0.1, 0.15) is 277 Å². The van der Waals surface area contributed by atoms with Crippen molar-refractivity contribution < 1.29 is 32.9 Å². The molecule has 376 valence electrons. The highest BCUT2D eigenvalue weighted by Gasteiger charge is 2.28. The summed E-state index contributed by atoms with van der Waals surface area (Å²) in [6.07, 6.45) is 55.7. The largest absolute Gasteiger partial charge is 0.472 e. The van der Waals surface area contributed by atoms with E-state index in [1.807, 2.05) is 21.1 Å². The maximum absolute atomic E-state index is 12.9. The first-order valence-electron chi connectivity index (χ1n) is 27.6. The molecule has 3 N–H and O–H groups in total. The SMILES string of the molecule is CCCCCCCCCCCCCC/C=C\CCCCCCCCCCCCCCCCCC(=O)NC(COP(=O)(O)OCC[N+](C)(C)C)C(O)CCCCCCCCCCCC. The van der Waals surface area contributed by atoms with E-state index < -0.39 is 20.0 Å². The lowest BCUT2D eigenvalue weighted by Gasteiger charge is -2.26. The van der Waals surface area contributed by atoms with Crippen molar-refractivity contribution >= 4 is 13.7 Å². The van der Waals surface area contributed by atoms with E-state index in [9.17, 15) is 19.4 Å². The molecule has 9 heteroatoms. The van der Waals surface area contributed by atoms with Gasteiger partial charge in [-0.2, -0.15) is 0 Å². The molecule has 63 heavy (non-hydrogen) atoms. The van der Waals surface area contributed by atoms with Crippen LogP contribution in [0.25, 0.3) is 0 Å². The summed E-state index contributed by atoms with van der Waals surface area (Å²) in [4.78, 5) is 23.2. The van der Waals surface area contributed by atoms with Crippen LogP contribution in [0, 0.1) is 0 Å². The monoisotopic (exact) mass is 914 g/mol. The topological polar surface area (TPSA) is 105 Å². The number of phosphoric ester groups is 1. The number of nitrogens with one attached hydrogen (secondary N) is 1. The number of carbonyl (C=O) groups is 1. The minimum absolute atomic E-state index is 0.0771. The Morgan fingerprint density at radius 1 is 0.524 bits per heavy atom. The molecule has 1 amide bonds. The molecule has 0 aliphatic heterocycles. The van der Waals surface area contributed by atoms with Crippen molar-refractivity contribution in [3.05, 3.63) is 12.2 Å².